The molecular formula is C29H30F4N4O3S. The largest absolute Gasteiger partial charge is 0.417 e. The van der Waals surface area contributed by atoms with E-state index in [0.717, 1.165) is 18.2 Å². The van der Waals surface area contributed by atoms with Crippen LogP contribution >= 0.6 is 11.8 Å². The molecule has 0 spiro atoms. The molecule has 218 valence electrons. The second-order valence-electron chi connectivity index (χ2n) is 10.3. The number of alkyl halides is 3. The van der Waals surface area contributed by atoms with Gasteiger partial charge < -0.3 is 14.5 Å². The Kier molecular flexibility index (Phi) is 7.90. The molecule has 2 aliphatic rings. The Morgan fingerprint density at radius 2 is 1.85 bits per heavy atom. The average molecular weight is 591 g/mol. The molecule has 5 rings (SSSR count). The minimum atomic E-state index is -4.75. The van der Waals surface area contributed by atoms with Gasteiger partial charge in [0.05, 0.1) is 23.7 Å². The van der Waals surface area contributed by atoms with Crippen LogP contribution < -0.4 is 10.6 Å². The standard InChI is InChI=1S/C29H30F4N4O3S/c1-5-23(38)36-16(3)12-35(13-17(36)4)27-21-11-22(29(31,32)33)24(18-7-9-19(30)10-8-18)26-25(21)37(28(39)34-27)20(15-41-26)14-40-6-2/h5,7-11,16-17,20H,1,6,12-15H2,2-4H3/t16-,17+,20?. The SMILES string of the molecule is C=CC(=O)N1[C@H](C)CN(c2nc(=O)n3c4c(c(-c5ccc(F)cc5)c(C(F)(F)F)cc24)SCC3COCC)C[C@@H]1C. The first-order chi connectivity index (χ1) is 19.5. The van der Waals surface area contributed by atoms with Crippen LogP contribution in [0.1, 0.15) is 32.4 Å². The van der Waals surface area contributed by atoms with E-state index in [-0.39, 0.29) is 64.9 Å². The van der Waals surface area contributed by atoms with Gasteiger partial charge in [0.1, 0.15) is 11.6 Å². The van der Waals surface area contributed by atoms with Crippen LogP contribution in [0.5, 0.6) is 0 Å². The highest BCUT2D eigenvalue weighted by Crippen LogP contribution is 2.50. The fraction of sp³-hybridized carbons (Fsp3) is 0.414. The number of nitrogens with zero attached hydrogens (tertiary/aromatic N) is 4. The lowest BCUT2D eigenvalue weighted by Gasteiger charge is -2.45. The van der Waals surface area contributed by atoms with Gasteiger partial charge in [-0.05, 0) is 50.6 Å². The highest BCUT2D eigenvalue weighted by Gasteiger charge is 2.40. The van der Waals surface area contributed by atoms with Crippen LogP contribution in [-0.2, 0) is 15.7 Å². The van der Waals surface area contributed by atoms with E-state index < -0.39 is 29.3 Å². The molecule has 2 aliphatic heterocycles. The fourth-order valence-corrected chi connectivity index (χ4v) is 7.19. The zero-order valence-electron chi connectivity index (χ0n) is 22.9. The van der Waals surface area contributed by atoms with Crippen molar-refractivity contribution < 1.29 is 27.1 Å². The van der Waals surface area contributed by atoms with E-state index in [1.807, 2.05) is 20.8 Å². The Morgan fingerprint density at radius 1 is 1.20 bits per heavy atom. The molecule has 3 aromatic rings. The summed E-state index contributed by atoms with van der Waals surface area (Å²) in [6.45, 7) is 10.2. The van der Waals surface area contributed by atoms with Crippen molar-refractivity contribution in [3.63, 3.8) is 0 Å². The first kappa shape index (κ1) is 29.1. The predicted octanol–water partition coefficient (Wildman–Crippen LogP) is 5.52. The van der Waals surface area contributed by atoms with Gasteiger partial charge in [-0.3, -0.25) is 9.36 Å². The molecule has 0 radical (unpaired) electrons. The van der Waals surface area contributed by atoms with Crippen LogP contribution in [0.4, 0.5) is 23.4 Å². The third-order valence-electron chi connectivity index (χ3n) is 7.53. The molecule has 41 heavy (non-hydrogen) atoms. The van der Waals surface area contributed by atoms with Crippen LogP contribution in [0, 0.1) is 5.82 Å². The van der Waals surface area contributed by atoms with Crippen molar-refractivity contribution in [2.45, 2.75) is 50.0 Å². The quantitative estimate of drug-likeness (QED) is 0.279. The second kappa shape index (κ2) is 11.1. The zero-order valence-corrected chi connectivity index (χ0v) is 23.7. The maximum Gasteiger partial charge on any atom is 0.417 e. The maximum atomic E-state index is 14.7. The molecule has 12 heteroatoms. The number of rotatable bonds is 6. The van der Waals surface area contributed by atoms with Crippen molar-refractivity contribution in [1.29, 1.82) is 0 Å². The van der Waals surface area contributed by atoms with Crippen LogP contribution in [0.15, 0.2) is 52.7 Å². The minimum absolute atomic E-state index is 0.0988. The highest BCUT2D eigenvalue weighted by atomic mass is 32.2. The van der Waals surface area contributed by atoms with Gasteiger partial charge in [-0.25, -0.2) is 9.18 Å². The Bertz CT molecular complexity index is 1550. The molecule has 0 saturated carbocycles. The van der Waals surface area contributed by atoms with E-state index in [1.54, 1.807) is 9.80 Å². The first-order valence-electron chi connectivity index (χ1n) is 13.3. The van der Waals surface area contributed by atoms with E-state index in [4.69, 9.17) is 4.74 Å². The first-order valence-corrected chi connectivity index (χ1v) is 14.3. The van der Waals surface area contributed by atoms with Crippen molar-refractivity contribution in [3.05, 3.63) is 64.9 Å². The lowest BCUT2D eigenvalue weighted by Crippen LogP contribution is -2.58. The van der Waals surface area contributed by atoms with Crippen molar-refractivity contribution in [2.75, 3.05) is 37.0 Å². The Labute approximate surface area is 238 Å². The molecule has 3 heterocycles. The van der Waals surface area contributed by atoms with E-state index >= 15 is 0 Å². The number of piperazine rings is 1. The van der Waals surface area contributed by atoms with Gasteiger partial charge in [0.2, 0.25) is 5.91 Å². The van der Waals surface area contributed by atoms with Crippen molar-refractivity contribution in [3.8, 4) is 11.1 Å². The predicted molar refractivity (Wildman–Crippen MR) is 151 cm³/mol. The summed E-state index contributed by atoms with van der Waals surface area (Å²) in [5, 5.41) is 0.189. The lowest BCUT2D eigenvalue weighted by molar-refractivity contribution is -0.137. The van der Waals surface area contributed by atoms with Crippen LogP contribution in [-0.4, -0.2) is 64.5 Å². The maximum absolute atomic E-state index is 14.7. The number of carbonyl (C=O) groups excluding carboxylic acids is 1. The van der Waals surface area contributed by atoms with Crippen molar-refractivity contribution in [1.82, 2.24) is 14.5 Å². The molecule has 7 nitrogen and oxygen atoms in total. The monoisotopic (exact) mass is 590 g/mol. The summed E-state index contributed by atoms with van der Waals surface area (Å²) in [5.41, 5.74) is -1.04. The van der Waals surface area contributed by atoms with Gasteiger partial charge in [0, 0.05) is 53.4 Å². The van der Waals surface area contributed by atoms with E-state index in [0.29, 0.717) is 17.9 Å². The summed E-state index contributed by atoms with van der Waals surface area (Å²) in [7, 11) is 0. The second-order valence-corrected chi connectivity index (χ2v) is 11.3. The molecule has 0 bridgehead atoms. The topological polar surface area (TPSA) is 67.7 Å². The number of hydrogen-bond donors (Lipinski definition) is 0. The Balaban J connectivity index is 1.80. The van der Waals surface area contributed by atoms with Gasteiger partial charge >= 0.3 is 11.9 Å². The summed E-state index contributed by atoms with van der Waals surface area (Å²) in [6.07, 6.45) is -3.51. The number of carbonyl (C=O) groups is 1. The average Bonchev–Trinajstić information content (AvgIpc) is 2.92. The normalized spacial score (nSPS) is 20.9. The molecule has 3 atom stereocenters. The summed E-state index contributed by atoms with van der Waals surface area (Å²) in [5.74, 6) is -0.370. The minimum Gasteiger partial charge on any atom is -0.380 e. The highest BCUT2D eigenvalue weighted by molar-refractivity contribution is 7.99. The van der Waals surface area contributed by atoms with Crippen LogP contribution in [0.2, 0.25) is 0 Å². The van der Waals surface area contributed by atoms with Gasteiger partial charge in [-0.1, -0.05) is 18.7 Å². The fourth-order valence-electron chi connectivity index (χ4n) is 5.87. The van der Waals surface area contributed by atoms with E-state index in [9.17, 15) is 27.2 Å². The lowest BCUT2D eigenvalue weighted by atomic mass is 9.95. The van der Waals surface area contributed by atoms with Gasteiger partial charge in [-0.15, -0.1) is 11.8 Å². The smallest absolute Gasteiger partial charge is 0.380 e. The van der Waals surface area contributed by atoms with Crippen molar-refractivity contribution in [2.24, 2.45) is 0 Å². The number of benzene rings is 2. The third kappa shape index (κ3) is 5.23. The van der Waals surface area contributed by atoms with E-state index in [1.165, 1.54) is 34.5 Å². The number of halogens is 4. The number of hydrogen-bond acceptors (Lipinski definition) is 6. The van der Waals surface area contributed by atoms with Gasteiger partial charge in [0.25, 0.3) is 0 Å². The number of amides is 1. The molecule has 0 aliphatic carbocycles. The Hall–Kier alpha value is -3.38. The number of anilines is 1. The van der Waals surface area contributed by atoms with Gasteiger partial charge in [-0.2, -0.15) is 18.2 Å². The summed E-state index contributed by atoms with van der Waals surface area (Å²) < 4.78 is 65.0. The molecule has 1 aromatic heterocycles. The summed E-state index contributed by atoms with van der Waals surface area (Å²) >= 11 is 1.22. The summed E-state index contributed by atoms with van der Waals surface area (Å²) in [4.78, 5) is 34.2. The molecule has 1 unspecified atom stereocenters. The molecule has 1 fully saturated rings. The zero-order chi connectivity index (χ0) is 29.6. The van der Waals surface area contributed by atoms with Gasteiger partial charge in [0.15, 0.2) is 0 Å². The molecule has 1 amide bonds. The Morgan fingerprint density at radius 3 is 2.44 bits per heavy atom. The summed E-state index contributed by atoms with van der Waals surface area (Å²) in [6, 6.07) is 4.87. The number of aromatic nitrogens is 2. The molecule has 0 N–H and O–H groups in total. The number of thioether (sulfide) groups is 1. The van der Waals surface area contributed by atoms with Crippen LogP contribution in [0.3, 0.4) is 0 Å². The van der Waals surface area contributed by atoms with E-state index in [2.05, 4.69) is 11.6 Å². The van der Waals surface area contributed by atoms with Crippen LogP contribution in [0.25, 0.3) is 22.0 Å². The molecular weight excluding hydrogens is 560 g/mol. The molecule has 2 aromatic carbocycles. The third-order valence-corrected chi connectivity index (χ3v) is 8.77. The molecule has 1 saturated heterocycles. The number of ether oxygens (including phenoxy) is 1. The van der Waals surface area contributed by atoms with Crippen molar-refractivity contribution >= 4 is 34.4 Å².